The monoisotopic (exact) mass is 362 g/mol. The molecule has 2 heterocycles. The second kappa shape index (κ2) is 9.10. The van der Waals surface area contributed by atoms with Gasteiger partial charge in [-0.15, -0.1) is 43.2 Å². The molecule has 2 aliphatic rings. The van der Waals surface area contributed by atoms with E-state index in [0.29, 0.717) is 0 Å². The molecule has 0 saturated carbocycles. The molecule has 2 saturated heterocycles. The Balaban J connectivity index is 0. The molecule has 0 aliphatic carbocycles. The van der Waals surface area contributed by atoms with Crippen LogP contribution in [0.3, 0.4) is 0 Å². The Morgan fingerprint density at radius 2 is 0.800 bits per heavy atom. The van der Waals surface area contributed by atoms with Gasteiger partial charge in [-0.3, -0.25) is 0 Å². The third-order valence-electron chi connectivity index (χ3n) is 0.385. The minimum atomic E-state index is 0. The van der Waals surface area contributed by atoms with Gasteiger partial charge in [-0.2, -0.15) is 0 Å². The summed E-state index contributed by atoms with van der Waals surface area (Å²) >= 11 is 0. The average molecular weight is 362 g/mol. The first-order chi connectivity index (χ1) is 3.79. The van der Waals surface area contributed by atoms with Crippen LogP contribution in [0.1, 0.15) is 0 Å². The van der Waals surface area contributed by atoms with Gasteiger partial charge in [0.25, 0.3) is 0 Å². The number of hydrogen-bond donors (Lipinski definition) is 0. The van der Waals surface area contributed by atoms with Crippen molar-refractivity contribution in [3.63, 3.8) is 0 Å². The summed E-state index contributed by atoms with van der Waals surface area (Å²) in [6.45, 7) is 0. The fraction of sp³-hybridized carbons (Fsp3) is 1.00. The first kappa shape index (κ1) is 16.0. The van der Waals surface area contributed by atoms with E-state index in [0.717, 1.165) is 0 Å². The molecule has 0 amide bonds. The molecule has 54 valence electrons. The average Bonchev–Trinajstić information content (AvgIpc) is 2.47. The van der Waals surface area contributed by atoms with Crippen molar-refractivity contribution in [1.29, 1.82) is 0 Å². The molecule has 0 unspecified atom stereocenters. The summed E-state index contributed by atoms with van der Waals surface area (Å²) in [5.74, 6) is 0. The van der Waals surface area contributed by atoms with Crippen LogP contribution in [0.25, 0.3) is 11.5 Å². The van der Waals surface area contributed by atoms with Crippen LogP contribution in [-0.4, -0.2) is 9.41 Å². The zero-order chi connectivity index (χ0) is 5.98. The van der Waals surface area contributed by atoms with E-state index in [9.17, 15) is 0 Å². The van der Waals surface area contributed by atoms with E-state index in [1.165, 1.54) is 0 Å². The second-order valence-corrected chi connectivity index (χ2v) is 6.61. The number of rotatable bonds is 0. The van der Waals surface area contributed by atoms with Crippen LogP contribution in [0.5, 0.6) is 0 Å². The second-order valence-electron chi connectivity index (χ2n) is 1.05. The van der Waals surface area contributed by atoms with Crippen LogP contribution in [0.15, 0.2) is 0 Å². The predicted octanol–water partition coefficient (Wildman–Crippen LogP) is 3.43. The van der Waals surface area contributed by atoms with Crippen molar-refractivity contribution in [3.8, 4) is 0 Å². The van der Waals surface area contributed by atoms with Gasteiger partial charge in [0.05, 0.1) is 0 Å². The third-order valence-corrected chi connectivity index (χ3v) is 3.46. The van der Waals surface area contributed by atoms with Crippen molar-refractivity contribution in [2.75, 3.05) is 0 Å². The topological polar surface area (TPSA) is 47.6 Å². The van der Waals surface area contributed by atoms with Crippen LogP contribution >= 0.6 is 43.2 Å². The number of hydrogen-bond acceptors (Lipinski definition) is 4. The molecule has 0 aromatic rings. The van der Waals surface area contributed by atoms with E-state index in [4.69, 9.17) is 11.5 Å². The minimum Gasteiger partial charge on any atom is -0.656 e. The Morgan fingerprint density at radius 3 is 0.800 bits per heavy atom. The van der Waals surface area contributed by atoms with Crippen LogP contribution in [0.4, 0.5) is 0 Å². The van der Waals surface area contributed by atoms with Gasteiger partial charge in [0.2, 0.25) is 0 Å². The van der Waals surface area contributed by atoms with Crippen molar-refractivity contribution in [3.05, 3.63) is 11.5 Å². The van der Waals surface area contributed by atoms with Crippen LogP contribution in [-0.2, 0) is 65.4 Å². The summed E-state index contributed by atoms with van der Waals surface area (Å²) in [4.78, 5) is 0. The van der Waals surface area contributed by atoms with E-state index in [2.05, 4.69) is 0 Å². The Kier molecular flexibility index (Phi) is 14.5. The molecule has 0 aromatic heterocycles. The van der Waals surface area contributed by atoms with Crippen LogP contribution < -0.4 is 0 Å². The van der Waals surface area contributed by atoms with Gasteiger partial charge >= 0.3 is 0 Å². The van der Waals surface area contributed by atoms with Gasteiger partial charge in [0, 0.05) is 65.4 Å². The Morgan fingerprint density at radius 1 is 0.700 bits per heavy atom. The molecule has 2 N–H and O–H groups in total. The molecule has 0 atom stereocenters. The van der Waals surface area contributed by atoms with E-state index >= 15 is 0 Å². The molecule has 2 rings (SSSR count). The van der Waals surface area contributed by atoms with E-state index in [-0.39, 0.29) is 74.8 Å². The van der Waals surface area contributed by atoms with Crippen molar-refractivity contribution < 1.29 is 65.4 Å². The van der Waals surface area contributed by atoms with E-state index in [1.807, 2.05) is 0 Å². The maximum atomic E-state index is 6.62. The molecular weight excluding hydrogens is 358 g/mol. The zero-order valence-electron chi connectivity index (χ0n) is 4.94. The standard InChI is InChI=1S/2CH2NS2.2Y/c2*2-1-3-4-1;;/h2*1-2H;;/q2*-1;;. The summed E-state index contributed by atoms with van der Waals surface area (Å²) < 4.78 is 0.333. The molecule has 0 aromatic carbocycles. The Hall–Kier alpha value is 3.53. The summed E-state index contributed by atoms with van der Waals surface area (Å²) in [5.41, 5.74) is 13.2. The normalized spacial score (nSPS) is 21.0. The SMILES string of the molecule is [NH-]C1SS1.[NH-]C1SS1.[Y].[Y]. The van der Waals surface area contributed by atoms with Crippen molar-refractivity contribution in [2.24, 2.45) is 0 Å². The van der Waals surface area contributed by atoms with Gasteiger partial charge in [0.15, 0.2) is 0 Å². The van der Waals surface area contributed by atoms with Crippen molar-refractivity contribution in [1.82, 2.24) is 0 Å². The largest absolute Gasteiger partial charge is 0.656 e. The Bertz CT molecular complexity index is 67.7. The quantitative estimate of drug-likeness (QED) is 0.489. The summed E-state index contributed by atoms with van der Waals surface area (Å²) in [7, 11) is 6.43. The molecule has 0 spiro atoms. The Labute approximate surface area is 127 Å². The maximum absolute atomic E-state index is 6.62. The van der Waals surface area contributed by atoms with Crippen molar-refractivity contribution in [2.45, 2.75) is 9.41 Å². The molecular formula is C2H4N2S4Y2-2. The van der Waals surface area contributed by atoms with E-state index in [1.54, 1.807) is 43.2 Å². The molecule has 2 fully saturated rings. The predicted molar refractivity (Wildman–Crippen MR) is 46.6 cm³/mol. The molecule has 2 radical (unpaired) electrons. The molecule has 2 aliphatic heterocycles. The molecule has 8 heteroatoms. The zero-order valence-corrected chi connectivity index (χ0v) is 13.9. The summed E-state index contributed by atoms with van der Waals surface area (Å²) in [6.07, 6.45) is 0. The van der Waals surface area contributed by atoms with Gasteiger partial charge in [0.1, 0.15) is 0 Å². The van der Waals surface area contributed by atoms with Crippen LogP contribution in [0, 0.1) is 0 Å². The summed E-state index contributed by atoms with van der Waals surface area (Å²) in [5, 5.41) is 0. The van der Waals surface area contributed by atoms with Gasteiger partial charge in [-0.05, 0) is 9.41 Å². The van der Waals surface area contributed by atoms with Gasteiger partial charge in [-0.25, -0.2) is 0 Å². The fourth-order valence-corrected chi connectivity index (χ4v) is 0.500. The molecule has 2 nitrogen and oxygen atoms in total. The minimum absolute atomic E-state index is 0. The first-order valence-electron chi connectivity index (χ1n) is 1.85. The maximum Gasteiger partial charge on any atom is 0 e. The van der Waals surface area contributed by atoms with Gasteiger partial charge < -0.3 is 11.5 Å². The van der Waals surface area contributed by atoms with Gasteiger partial charge in [-0.1, -0.05) is 0 Å². The number of nitrogens with one attached hydrogen (secondary N) is 2. The first-order valence-corrected chi connectivity index (χ1v) is 6.41. The smallest absolute Gasteiger partial charge is 0 e. The summed E-state index contributed by atoms with van der Waals surface area (Å²) in [6, 6.07) is 0. The molecule has 10 heavy (non-hydrogen) atoms. The molecule has 0 bridgehead atoms. The van der Waals surface area contributed by atoms with Crippen LogP contribution in [0.2, 0.25) is 0 Å². The van der Waals surface area contributed by atoms with Crippen molar-refractivity contribution >= 4 is 43.2 Å². The fourth-order valence-electron chi connectivity index (χ4n) is 0.0556. The third kappa shape index (κ3) is 14.1. The van der Waals surface area contributed by atoms with E-state index < -0.39 is 0 Å².